The fraction of sp³-hybridized carbons (Fsp3) is 0.600. The first-order valence-corrected chi connectivity index (χ1v) is 24.3. The summed E-state index contributed by atoms with van der Waals surface area (Å²) in [5.41, 5.74) is -1.33. The van der Waals surface area contributed by atoms with Crippen molar-refractivity contribution in [2.45, 2.75) is 165 Å². The van der Waals surface area contributed by atoms with E-state index in [1.165, 1.54) is 0 Å². The van der Waals surface area contributed by atoms with Crippen molar-refractivity contribution < 1.29 is 176 Å². The maximum absolute atomic E-state index is 15.1. The first kappa shape index (κ1) is 75.4. The quantitative estimate of drug-likeness (QED) is 0.0549. The highest BCUT2D eigenvalue weighted by Gasteiger charge is 2.93. The molecule has 41 heteroatoms. The van der Waals surface area contributed by atoms with E-state index in [0.717, 1.165) is 0 Å². The lowest BCUT2D eigenvalue weighted by Crippen LogP contribution is -2.70. The van der Waals surface area contributed by atoms with E-state index in [-0.39, 0.29) is 0 Å². The number of rotatable bonds is 27. The Morgan fingerprint density at radius 1 is 0.221 bits per heavy atom. The molecule has 0 fully saturated rings. The predicted molar refractivity (Wildman–Crippen MR) is 217 cm³/mol. The molecular formula is C45H30F39OP. The molecule has 0 radical (unpaired) electrons. The standard InChI is InChI=1S/C45H30F39OP/c46-28(47,31(52,53)34(58,59)37(64,65)40(70,71)43(76,77)78)19-1-4-22-7-13-25(14-8-22)86(85,26-15-9-23(10-16-26)5-2-20-29(48,49)32(54,55)35(60,61)38(66,67)41(72,73)44(79,80)81)27-17-11-24(12-18-27)6-3-21-30(50,51)33(56,57)36(62,63)39(68,69)42(74,75)45(82,83)84/h7-18H,1-6,19-21H2. The molecule has 0 unspecified atom stereocenters. The first-order chi connectivity index (χ1) is 37.8. The molecule has 0 aliphatic rings. The van der Waals surface area contributed by atoms with E-state index in [2.05, 4.69) is 0 Å². The molecule has 0 amide bonds. The van der Waals surface area contributed by atoms with Crippen molar-refractivity contribution in [3.05, 3.63) is 89.5 Å². The molecule has 0 N–H and O–H groups in total. The normalized spacial score (nSPS) is 15.6. The Balaban J connectivity index is 2.02. The van der Waals surface area contributed by atoms with Gasteiger partial charge in [-0.05, 0) is 55.2 Å². The minimum Gasteiger partial charge on any atom is -0.309 e. The SMILES string of the molecule is O=P(c1ccc(CCCC(F)(F)C(F)(F)C(F)(F)C(F)(F)C(F)(F)C(F)(F)F)cc1)(c1ccc(CCCC(F)(F)C(F)(F)C(F)(F)C(F)(F)C(F)(F)C(F)(F)F)cc1)c1ccc(CCCC(F)(F)C(F)(F)C(F)(F)C(F)(F)C(F)(F)C(F)(F)F)cc1. The summed E-state index contributed by atoms with van der Waals surface area (Å²) in [6.07, 6.45) is -39.2. The van der Waals surface area contributed by atoms with Crippen LogP contribution in [-0.4, -0.2) is 107 Å². The summed E-state index contributed by atoms with van der Waals surface area (Å²) in [6, 6.07) is 8.44. The van der Waals surface area contributed by atoms with E-state index in [0.29, 0.717) is 72.8 Å². The van der Waals surface area contributed by atoms with Crippen LogP contribution in [0.3, 0.4) is 0 Å². The van der Waals surface area contributed by atoms with Crippen molar-refractivity contribution in [1.82, 2.24) is 0 Å². The summed E-state index contributed by atoms with van der Waals surface area (Å²) in [5, 5.41) is -1.72. The van der Waals surface area contributed by atoms with Crippen molar-refractivity contribution in [3.8, 4) is 0 Å². The van der Waals surface area contributed by atoms with E-state index in [4.69, 9.17) is 0 Å². The van der Waals surface area contributed by atoms with Crippen LogP contribution in [-0.2, 0) is 23.8 Å². The monoisotopic (exact) mass is 1360 g/mol. The number of halogens is 39. The average Bonchev–Trinajstić information content (AvgIpc) is 0.749. The van der Waals surface area contributed by atoms with Crippen LogP contribution >= 0.6 is 7.14 Å². The van der Waals surface area contributed by atoms with Crippen LogP contribution in [0.2, 0.25) is 0 Å². The second kappa shape index (κ2) is 22.9. The van der Waals surface area contributed by atoms with Gasteiger partial charge in [0.15, 0.2) is 7.14 Å². The Hall–Kier alpha value is -4.84. The van der Waals surface area contributed by atoms with Gasteiger partial charge in [0, 0.05) is 35.2 Å². The molecule has 0 bridgehead atoms. The number of alkyl halides is 39. The van der Waals surface area contributed by atoms with Crippen molar-refractivity contribution in [2.24, 2.45) is 0 Å². The zero-order valence-corrected chi connectivity index (χ0v) is 41.8. The molecule has 1 nitrogen and oxygen atoms in total. The van der Waals surface area contributed by atoms with Gasteiger partial charge in [-0.3, -0.25) is 0 Å². The van der Waals surface area contributed by atoms with Crippen molar-refractivity contribution >= 4 is 23.1 Å². The lowest BCUT2D eigenvalue weighted by atomic mass is 9.91. The van der Waals surface area contributed by atoms with E-state index in [9.17, 15) is 171 Å². The summed E-state index contributed by atoms with van der Waals surface area (Å²) in [5.74, 6) is -116. The first-order valence-electron chi connectivity index (χ1n) is 22.6. The molecule has 0 heterocycles. The van der Waals surface area contributed by atoms with E-state index in [1.807, 2.05) is 0 Å². The second-order valence-corrected chi connectivity index (χ2v) is 21.4. The molecule has 0 spiro atoms. The van der Waals surface area contributed by atoms with Crippen LogP contribution in [0.4, 0.5) is 171 Å². The molecule has 86 heavy (non-hydrogen) atoms. The van der Waals surface area contributed by atoms with Gasteiger partial charge in [0.25, 0.3) is 0 Å². The summed E-state index contributed by atoms with van der Waals surface area (Å²) in [6.45, 7) is 0. The van der Waals surface area contributed by atoms with Crippen molar-refractivity contribution in [2.75, 3.05) is 0 Å². The van der Waals surface area contributed by atoms with Gasteiger partial charge in [-0.15, -0.1) is 0 Å². The van der Waals surface area contributed by atoms with Gasteiger partial charge in [-0.2, -0.15) is 171 Å². The molecule has 3 rings (SSSR count). The molecule has 0 aliphatic heterocycles. The maximum Gasteiger partial charge on any atom is 0.460 e. The zero-order valence-electron chi connectivity index (χ0n) is 40.9. The Labute approximate surface area is 453 Å². The van der Waals surface area contributed by atoms with Gasteiger partial charge < -0.3 is 4.57 Å². The Morgan fingerprint density at radius 3 is 0.523 bits per heavy atom. The highest BCUT2D eigenvalue weighted by Crippen LogP contribution is 2.64. The lowest BCUT2D eigenvalue weighted by molar-refractivity contribution is -0.440. The van der Waals surface area contributed by atoms with Gasteiger partial charge in [-0.25, -0.2) is 0 Å². The third kappa shape index (κ3) is 12.2. The third-order valence-electron chi connectivity index (χ3n) is 12.8. The average molecular weight is 1360 g/mol. The molecule has 3 aromatic carbocycles. The molecule has 0 aromatic heterocycles. The molecule has 0 saturated heterocycles. The third-order valence-corrected chi connectivity index (χ3v) is 15.8. The molecule has 0 saturated carbocycles. The summed E-state index contributed by atoms with van der Waals surface area (Å²) < 4.78 is 544. The van der Waals surface area contributed by atoms with E-state index >= 15 is 4.57 Å². The lowest BCUT2D eigenvalue weighted by Gasteiger charge is -2.39. The molecule has 494 valence electrons. The van der Waals surface area contributed by atoms with Gasteiger partial charge >= 0.3 is 107 Å². The Bertz CT molecular complexity index is 2520. The summed E-state index contributed by atoms with van der Waals surface area (Å²) >= 11 is 0. The fourth-order valence-corrected chi connectivity index (χ4v) is 10.1. The number of hydrogen-bond acceptors (Lipinski definition) is 1. The van der Waals surface area contributed by atoms with Gasteiger partial charge in [-0.1, -0.05) is 72.8 Å². The molecule has 3 aromatic rings. The molecular weight excluding hydrogens is 1330 g/mol. The van der Waals surface area contributed by atoms with Crippen LogP contribution < -0.4 is 15.9 Å². The Morgan fingerprint density at radius 2 is 0.372 bits per heavy atom. The van der Waals surface area contributed by atoms with Gasteiger partial charge in [0.05, 0.1) is 0 Å². The van der Waals surface area contributed by atoms with Gasteiger partial charge in [0.2, 0.25) is 0 Å². The minimum absolute atomic E-state index is 0.443. The number of benzene rings is 3. The maximum atomic E-state index is 15.1. The van der Waals surface area contributed by atoms with Crippen LogP contribution in [0.25, 0.3) is 0 Å². The summed E-state index contributed by atoms with van der Waals surface area (Å²) in [4.78, 5) is 0. The number of hydrogen-bond donors (Lipinski definition) is 0. The van der Waals surface area contributed by atoms with Crippen molar-refractivity contribution in [1.29, 1.82) is 0 Å². The predicted octanol–water partition coefficient (Wildman–Crippen LogP) is 18.5. The largest absolute Gasteiger partial charge is 0.460 e. The fourth-order valence-electron chi connectivity index (χ4n) is 7.49. The van der Waals surface area contributed by atoms with Crippen LogP contribution in [0.15, 0.2) is 72.8 Å². The van der Waals surface area contributed by atoms with Crippen LogP contribution in [0.5, 0.6) is 0 Å². The van der Waals surface area contributed by atoms with Crippen LogP contribution in [0, 0.1) is 0 Å². The zero-order chi connectivity index (χ0) is 67.8. The minimum atomic E-state index is -8.23. The summed E-state index contributed by atoms with van der Waals surface area (Å²) in [7, 11) is -4.79. The van der Waals surface area contributed by atoms with E-state index < -0.39 is 205 Å². The van der Waals surface area contributed by atoms with Crippen molar-refractivity contribution in [3.63, 3.8) is 0 Å². The van der Waals surface area contributed by atoms with Gasteiger partial charge in [0.1, 0.15) is 0 Å². The highest BCUT2D eigenvalue weighted by atomic mass is 31.2. The molecule has 0 aliphatic carbocycles. The highest BCUT2D eigenvalue weighted by molar-refractivity contribution is 7.85. The smallest absolute Gasteiger partial charge is 0.309 e. The van der Waals surface area contributed by atoms with E-state index in [1.54, 1.807) is 0 Å². The second-order valence-electron chi connectivity index (χ2n) is 18.7. The van der Waals surface area contributed by atoms with Crippen LogP contribution in [0.1, 0.15) is 55.2 Å². The topological polar surface area (TPSA) is 17.1 Å². The number of aryl methyl sites for hydroxylation is 3. The molecule has 0 atom stereocenters. The Kier molecular flexibility index (Phi) is 20.1.